The molecule has 0 amide bonds. The first kappa shape index (κ1) is 28.5. The lowest BCUT2D eigenvalue weighted by atomic mass is 10.1. The summed E-state index contributed by atoms with van der Waals surface area (Å²) in [6.45, 7) is 6.77. The van der Waals surface area contributed by atoms with Gasteiger partial charge in [-0.1, -0.05) is 11.6 Å². The number of benzene rings is 2. The number of anilines is 1. The molecule has 2 aromatic heterocycles. The van der Waals surface area contributed by atoms with Crippen LogP contribution >= 0.6 is 11.6 Å². The van der Waals surface area contributed by atoms with Crippen LogP contribution in [0.25, 0.3) is 22.5 Å². The Morgan fingerprint density at radius 1 is 1.08 bits per heavy atom. The number of nitrogens with one attached hydrogen (secondary N) is 2. The molecule has 0 fully saturated rings. The van der Waals surface area contributed by atoms with E-state index >= 15 is 0 Å². The summed E-state index contributed by atoms with van der Waals surface area (Å²) in [5.74, 6) is 0.0572. The number of aromatic nitrogens is 4. The van der Waals surface area contributed by atoms with Gasteiger partial charge in [0.15, 0.2) is 11.6 Å². The molecule has 0 aliphatic rings. The molecule has 0 radical (unpaired) electrons. The zero-order valence-corrected chi connectivity index (χ0v) is 23.6. The summed E-state index contributed by atoms with van der Waals surface area (Å²) >= 11 is 5.84. The molecule has 0 saturated carbocycles. The second-order valence-electron chi connectivity index (χ2n) is 9.75. The van der Waals surface area contributed by atoms with Crippen molar-refractivity contribution in [1.29, 1.82) is 0 Å². The van der Waals surface area contributed by atoms with Gasteiger partial charge in [0, 0.05) is 41.6 Å². The van der Waals surface area contributed by atoms with E-state index in [4.69, 9.17) is 21.4 Å². The van der Waals surface area contributed by atoms with Crippen molar-refractivity contribution in [1.82, 2.24) is 24.5 Å². The van der Waals surface area contributed by atoms with Crippen LogP contribution in [0.2, 0.25) is 5.02 Å². The number of hydrogen-bond donors (Lipinski definition) is 2. The van der Waals surface area contributed by atoms with Crippen molar-refractivity contribution in [2.45, 2.75) is 37.6 Å². The largest absolute Gasteiger partial charge is 0.494 e. The van der Waals surface area contributed by atoms with Gasteiger partial charge in [0.1, 0.15) is 5.69 Å². The van der Waals surface area contributed by atoms with Crippen LogP contribution in [-0.2, 0) is 15.6 Å². The lowest BCUT2D eigenvalue weighted by Gasteiger charge is -2.18. The van der Waals surface area contributed by atoms with Crippen molar-refractivity contribution < 1.29 is 17.5 Å². The molecule has 0 spiro atoms. The van der Waals surface area contributed by atoms with E-state index in [2.05, 4.69) is 20.0 Å². The van der Waals surface area contributed by atoms with Crippen LogP contribution in [0.5, 0.6) is 5.75 Å². The Morgan fingerprint density at radius 2 is 1.82 bits per heavy atom. The second-order valence-corrected chi connectivity index (χ2v) is 12.0. The maximum absolute atomic E-state index is 14.1. The van der Waals surface area contributed by atoms with Crippen LogP contribution in [0.1, 0.15) is 27.2 Å². The van der Waals surface area contributed by atoms with Crippen molar-refractivity contribution in [3.05, 3.63) is 71.8 Å². The number of nitrogens with zero attached hydrogens (tertiary/aromatic N) is 4. The maximum Gasteiger partial charge on any atom is 0.240 e. The van der Waals surface area contributed by atoms with Crippen molar-refractivity contribution in [3.63, 3.8) is 0 Å². The first-order valence-electron chi connectivity index (χ1n) is 12.2. The number of ether oxygens (including phenoxy) is 1. The quantitative estimate of drug-likeness (QED) is 0.247. The first-order chi connectivity index (χ1) is 18.5. The van der Waals surface area contributed by atoms with Crippen LogP contribution in [-0.4, -0.2) is 48.4 Å². The highest BCUT2D eigenvalue weighted by atomic mass is 35.5. The molecule has 0 unspecified atom stereocenters. The molecule has 2 aromatic carbocycles. The fraction of sp³-hybridized carbons (Fsp3) is 0.296. The van der Waals surface area contributed by atoms with E-state index in [1.165, 1.54) is 37.4 Å². The number of sulfonamides is 1. The summed E-state index contributed by atoms with van der Waals surface area (Å²) in [6.07, 6.45) is 4.04. The molecule has 2 N–H and O–H groups in total. The predicted molar refractivity (Wildman–Crippen MR) is 150 cm³/mol. The number of methoxy groups -OCH3 is 1. The minimum atomic E-state index is -3.62. The molecule has 0 aliphatic heterocycles. The minimum Gasteiger partial charge on any atom is -0.494 e. The van der Waals surface area contributed by atoms with E-state index in [0.717, 1.165) is 5.56 Å². The van der Waals surface area contributed by atoms with Gasteiger partial charge in [-0.3, -0.25) is 4.68 Å². The third kappa shape index (κ3) is 6.92. The highest BCUT2D eigenvalue weighted by Crippen LogP contribution is 2.34. The number of rotatable bonds is 10. The van der Waals surface area contributed by atoms with Crippen LogP contribution in [0.4, 0.5) is 10.3 Å². The molecule has 39 heavy (non-hydrogen) atoms. The molecule has 4 aromatic rings. The van der Waals surface area contributed by atoms with Gasteiger partial charge in [-0.2, -0.15) is 5.10 Å². The van der Waals surface area contributed by atoms with Crippen LogP contribution in [0.15, 0.2) is 65.8 Å². The molecule has 206 valence electrons. The molecule has 0 saturated heterocycles. The van der Waals surface area contributed by atoms with Crippen LogP contribution in [0, 0.1) is 5.82 Å². The van der Waals surface area contributed by atoms with Crippen molar-refractivity contribution in [3.8, 4) is 28.3 Å². The highest BCUT2D eigenvalue weighted by molar-refractivity contribution is 7.89. The molecule has 0 aliphatic carbocycles. The summed E-state index contributed by atoms with van der Waals surface area (Å²) in [5.41, 5.74) is 2.39. The van der Waals surface area contributed by atoms with E-state index in [1.54, 1.807) is 24.4 Å². The Bertz CT molecular complexity index is 1550. The average molecular weight is 573 g/mol. The van der Waals surface area contributed by atoms with E-state index in [1.807, 2.05) is 31.6 Å². The second kappa shape index (κ2) is 11.7. The molecule has 0 atom stereocenters. The van der Waals surface area contributed by atoms with E-state index in [0.29, 0.717) is 40.9 Å². The molecular formula is C27H30ClFN6O3S. The molecule has 2 heterocycles. The smallest absolute Gasteiger partial charge is 0.240 e. The van der Waals surface area contributed by atoms with Gasteiger partial charge >= 0.3 is 0 Å². The average Bonchev–Trinajstić information content (AvgIpc) is 3.36. The summed E-state index contributed by atoms with van der Waals surface area (Å²) in [6, 6.07) is 12.4. The maximum atomic E-state index is 14.1. The Labute approximate surface area is 232 Å². The fourth-order valence-corrected chi connectivity index (χ4v) is 4.91. The van der Waals surface area contributed by atoms with Gasteiger partial charge in [-0.25, -0.2) is 27.5 Å². The number of halogens is 2. The Kier molecular flexibility index (Phi) is 8.53. The third-order valence-electron chi connectivity index (χ3n) is 5.81. The summed E-state index contributed by atoms with van der Waals surface area (Å²) < 4.78 is 48.5. The van der Waals surface area contributed by atoms with Gasteiger partial charge < -0.3 is 10.1 Å². The lowest BCUT2D eigenvalue weighted by Crippen LogP contribution is -2.26. The highest BCUT2D eigenvalue weighted by Gasteiger charge is 2.22. The monoisotopic (exact) mass is 572 g/mol. The van der Waals surface area contributed by atoms with Crippen LogP contribution in [0.3, 0.4) is 0 Å². The number of hydrogen-bond acceptors (Lipinski definition) is 7. The van der Waals surface area contributed by atoms with Gasteiger partial charge in [0.2, 0.25) is 16.0 Å². The standard InChI is InChI=1S/C27H30ClFN6O3S/c1-27(2,3)35-17-21(25(34-35)18-6-11-22(29)24(16-18)38-4)23-12-15-31-26(33-23)30-13-5-14-32-39(36,37)20-9-7-19(28)8-10-20/h6-12,15-17,32H,5,13-14H2,1-4H3,(H,30,31,33). The van der Waals surface area contributed by atoms with E-state index in [-0.39, 0.29) is 22.7 Å². The van der Waals surface area contributed by atoms with Crippen molar-refractivity contribution >= 4 is 27.6 Å². The van der Waals surface area contributed by atoms with E-state index < -0.39 is 15.8 Å². The molecule has 0 bridgehead atoms. The van der Waals surface area contributed by atoms with Gasteiger partial charge in [0.25, 0.3) is 0 Å². The normalized spacial score (nSPS) is 11.9. The zero-order valence-electron chi connectivity index (χ0n) is 22.1. The Morgan fingerprint density at radius 3 is 2.51 bits per heavy atom. The minimum absolute atomic E-state index is 0.125. The van der Waals surface area contributed by atoms with Gasteiger partial charge in [-0.15, -0.1) is 0 Å². The molecular weight excluding hydrogens is 543 g/mol. The molecule has 9 nitrogen and oxygen atoms in total. The Hall–Kier alpha value is -3.54. The van der Waals surface area contributed by atoms with Gasteiger partial charge in [-0.05, 0) is 75.7 Å². The lowest BCUT2D eigenvalue weighted by molar-refractivity contribution is 0.356. The van der Waals surface area contributed by atoms with Crippen molar-refractivity contribution in [2.75, 3.05) is 25.5 Å². The van der Waals surface area contributed by atoms with E-state index in [9.17, 15) is 12.8 Å². The van der Waals surface area contributed by atoms with Gasteiger partial charge in [0.05, 0.1) is 23.2 Å². The fourth-order valence-electron chi connectivity index (χ4n) is 3.71. The SMILES string of the molecule is COc1cc(-c2nn(C(C)(C)C)cc2-c2ccnc(NCCCNS(=O)(=O)c3ccc(Cl)cc3)n2)ccc1F. The summed E-state index contributed by atoms with van der Waals surface area (Å²) in [4.78, 5) is 9.10. The van der Waals surface area contributed by atoms with Crippen molar-refractivity contribution in [2.24, 2.45) is 0 Å². The van der Waals surface area contributed by atoms with Crippen LogP contribution < -0.4 is 14.8 Å². The predicted octanol–water partition coefficient (Wildman–Crippen LogP) is 5.34. The zero-order chi connectivity index (χ0) is 28.2. The summed E-state index contributed by atoms with van der Waals surface area (Å²) in [5, 5.41) is 8.39. The first-order valence-corrected chi connectivity index (χ1v) is 14.1. The molecule has 4 rings (SSSR count). The molecule has 12 heteroatoms. The summed E-state index contributed by atoms with van der Waals surface area (Å²) in [7, 11) is -2.20. The topological polar surface area (TPSA) is 111 Å². The Balaban J connectivity index is 1.48. The third-order valence-corrected chi connectivity index (χ3v) is 7.54.